The van der Waals surface area contributed by atoms with E-state index in [1.165, 1.54) is 11.1 Å². The monoisotopic (exact) mass is 359 g/mol. The summed E-state index contributed by atoms with van der Waals surface area (Å²) in [5.41, 5.74) is 4.64. The Morgan fingerprint density at radius 1 is 1.15 bits per heavy atom. The summed E-state index contributed by atoms with van der Waals surface area (Å²) in [5, 5.41) is 5.83. The minimum atomic E-state index is -0.368. The van der Waals surface area contributed by atoms with Crippen molar-refractivity contribution in [3.63, 3.8) is 0 Å². The fourth-order valence-corrected chi connectivity index (χ4v) is 3.22. The van der Waals surface area contributed by atoms with Gasteiger partial charge >= 0.3 is 0 Å². The van der Waals surface area contributed by atoms with Gasteiger partial charge in [0.25, 0.3) is 11.8 Å². The van der Waals surface area contributed by atoms with E-state index in [9.17, 15) is 9.59 Å². The fraction of sp³-hybridized carbons (Fsp3) is 0.0952. The van der Waals surface area contributed by atoms with Gasteiger partial charge in [-0.25, -0.2) is 5.43 Å². The summed E-state index contributed by atoms with van der Waals surface area (Å²) in [6.45, 7) is -0.0952. The van der Waals surface area contributed by atoms with Gasteiger partial charge in [-0.2, -0.15) is 5.10 Å². The van der Waals surface area contributed by atoms with Crippen LogP contribution in [-0.4, -0.2) is 31.7 Å². The summed E-state index contributed by atoms with van der Waals surface area (Å²) in [6, 6.07) is 18.6. The normalized spacial score (nSPS) is 12.8. The Bertz CT molecular complexity index is 1070. The topological polar surface area (TPSA) is 71.0 Å². The molecule has 6 heteroatoms. The van der Waals surface area contributed by atoms with Gasteiger partial charge < -0.3 is 4.74 Å². The molecule has 0 radical (unpaired) electrons. The maximum absolute atomic E-state index is 12.7. The molecule has 0 saturated heterocycles. The smallest absolute Gasteiger partial charge is 0.260 e. The number of hydrazone groups is 1. The molecular weight excluding hydrogens is 342 g/mol. The second-order valence-electron chi connectivity index (χ2n) is 6.14. The van der Waals surface area contributed by atoms with Gasteiger partial charge in [-0.3, -0.25) is 14.5 Å². The lowest BCUT2D eigenvalue weighted by molar-refractivity contribution is -0.119. The summed E-state index contributed by atoms with van der Waals surface area (Å²) in [7, 11) is 1.59. The van der Waals surface area contributed by atoms with E-state index in [1.54, 1.807) is 19.2 Å². The number of anilines is 1. The van der Waals surface area contributed by atoms with Crippen LogP contribution in [-0.2, 0) is 4.79 Å². The predicted molar refractivity (Wildman–Crippen MR) is 104 cm³/mol. The van der Waals surface area contributed by atoms with Crippen LogP contribution in [0, 0.1) is 0 Å². The Labute approximate surface area is 156 Å². The van der Waals surface area contributed by atoms with Gasteiger partial charge in [0, 0.05) is 10.9 Å². The van der Waals surface area contributed by atoms with Crippen LogP contribution in [0.2, 0.25) is 0 Å². The van der Waals surface area contributed by atoms with Crippen molar-refractivity contribution in [2.24, 2.45) is 5.10 Å². The van der Waals surface area contributed by atoms with Gasteiger partial charge in [-0.05, 0) is 35.2 Å². The average molecular weight is 359 g/mol. The molecule has 27 heavy (non-hydrogen) atoms. The number of hydrogen-bond donors (Lipinski definition) is 1. The zero-order chi connectivity index (χ0) is 18.8. The van der Waals surface area contributed by atoms with E-state index < -0.39 is 0 Å². The number of nitrogens with zero attached hydrogens (tertiary/aromatic N) is 2. The molecule has 6 nitrogen and oxygen atoms in total. The number of methoxy groups -OCH3 is 1. The number of hydrogen-bond acceptors (Lipinski definition) is 4. The van der Waals surface area contributed by atoms with Crippen LogP contribution >= 0.6 is 0 Å². The van der Waals surface area contributed by atoms with Crippen molar-refractivity contribution in [3.8, 4) is 5.75 Å². The van der Waals surface area contributed by atoms with Gasteiger partial charge in [0.1, 0.15) is 12.3 Å². The van der Waals surface area contributed by atoms with E-state index in [-0.39, 0.29) is 18.4 Å². The highest BCUT2D eigenvalue weighted by molar-refractivity contribution is 6.26. The Kier molecular flexibility index (Phi) is 4.30. The molecule has 0 spiro atoms. The molecule has 1 N–H and O–H groups in total. The molecule has 0 aromatic heterocycles. The molecular formula is C21H17N3O3. The largest absolute Gasteiger partial charge is 0.497 e. The zero-order valence-electron chi connectivity index (χ0n) is 14.7. The first kappa shape index (κ1) is 16.8. The second kappa shape index (κ2) is 6.92. The van der Waals surface area contributed by atoms with Gasteiger partial charge in [-0.1, -0.05) is 36.4 Å². The fourth-order valence-electron chi connectivity index (χ4n) is 3.22. The van der Waals surface area contributed by atoms with Crippen molar-refractivity contribution in [2.75, 3.05) is 18.6 Å². The number of nitrogens with one attached hydrogen (secondary N) is 1. The van der Waals surface area contributed by atoms with Crippen molar-refractivity contribution in [1.82, 2.24) is 5.43 Å². The highest BCUT2D eigenvalue weighted by Crippen LogP contribution is 2.36. The Morgan fingerprint density at radius 2 is 1.93 bits per heavy atom. The molecule has 0 saturated carbocycles. The first-order valence-corrected chi connectivity index (χ1v) is 8.47. The third-order valence-corrected chi connectivity index (χ3v) is 4.45. The lowest BCUT2D eigenvalue weighted by atomic mass is 10.1. The van der Waals surface area contributed by atoms with Crippen molar-refractivity contribution in [2.45, 2.75) is 0 Å². The molecule has 3 aromatic carbocycles. The van der Waals surface area contributed by atoms with Crippen LogP contribution < -0.4 is 15.1 Å². The number of benzene rings is 3. The van der Waals surface area contributed by atoms with Crippen LogP contribution in [0.5, 0.6) is 5.75 Å². The quantitative estimate of drug-likeness (QED) is 0.562. The van der Waals surface area contributed by atoms with Crippen molar-refractivity contribution in [3.05, 3.63) is 71.8 Å². The molecule has 134 valence electrons. The maximum Gasteiger partial charge on any atom is 0.260 e. The van der Waals surface area contributed by atoms with Gasteiger partial charge in [0.15, 0.2) is 0 Å². The number of amides is 2. The van der Waals surface area contributed by atoms with E-state index in [0.29, 0.717) is 11.3 Å². The van der Waals surface area contributed by atoms with Crippen molar-refractivity contribution < 1.29 is 14.3 Å². The number of ether oxygens (including phenoxy) is 1. The van der Waals surface area contributed by atoms with Gasteiger partial charge in [0.2, 0.25) is 0 Å². The number of carbonyl (C=O) groups excluding carboxylic acids is 2. The van der Waals surface area contributed by atoms with E-state index >= 15 is 0 Å². The predicted octanol–water partition coefficient (Wildman–Crippen LogP) is 2.96. The highest BCUT2D eigenvalue weighted by Gasteiger charge is 2.30. The molecule has 0 aliphatic carbocycles. The maximum atomic E-state index is 12.7. The third kappa shape index (κ3) is 3.13. The summed E-state index contributed by atoms with van der Waals surface area (Å²) >= 11 is 0. The van der Waals surface area contributed by atoms with E-state index in [4.69, 9.17) is 4.74 Å². The van der Waals surface area contributed by atoms with Crippen LogP contribution in [0.3, 0.4) is 0 Å². The lowest BCUT2D eigenvalue weighted by Crippen LogP contribution is -2.37. The summed E-state index contributed by atoms with van der Waals surface area (Å²) in [6.07, 6.45) is 1.53. The molecule has 1 aliphatic heterocycles. The van der Waals surface area contributed by atoms with E-state index in [1.807, 2.05) is 48.5 Å². The SMILES string of the molecule is COc1cccc(/C=N\NC(=O)CN2C(=O)c3cccc4cccc2c34)c1. The molecule has 1 aliphatic rings. The Balaban J connectivity index is 1.47. The molecule has 4 rings (SSSR count). The van der Waals surface area contributed by atoms with Crippen LogP contribution in [0.1, 0.15) is 15.9 Å². The zero-order valence-corrected chi connectivity index (χ0v) is 14.7. The Hall–Kier alpha value is -3.67. The average Bonchev–Trinajstić information content (AvgIpc) is 2.96. The molecule has 0 unspecified atom stereocenters. The summed E-state index contributed by atoms with van der Waals surface area (Å²) < 4.78 is 5.15. The van der Waals surface area contributed by atoms with Crippen molar-refractivity contribution >= 4 is 34.5 Å². The van der Waals surface area contributed by atoms with Crippen molar-refractivity contribution in [1.29, 1.82) is 0 Å². The molecule has 0 bridgehead atoms. The number of rotatable bonds is 5. The van der Waals surface area contributed by atoms with Gasteiger partial charge in [0.05, 0.1) is 19.0 Å². The molecule has 3 aromatic rings. The van der Waals surface area contributed by atoms with Crippen LogP contribution in [0.15, 0.2) is 65.8 Å². The minimum Gasteiger partial charge on any atom is -0.497 e. The van der Waals surface area contributed by atoms with Crippen LogP contribution in [0.4, 0.5) is 5.69 Å². The first-order valence-electron chi connectivity index (χ1n) is 8.47. The lowest BCUT2D eigenvalue weighted by Gasteiger charge is -2.16. The van der Waals surface area contributed by atoms with Crippen LogP contribution in [0.25, 0.3) is 10.8 Å². The highest BCUT2D eigenvalue weighted by atomic mass is 16.5. The molecule has 0 atom stereocenters. The minimum absolute atomic E-state index is 0.0952. The standard InChI is InChI=1S/C21H17N3O3/c1-27-16-8-2-5-14(11-16)12-22-23-19(25)13-24-18-10-4-7-15-6-3-9-17(20(15)18)21(24)26/h2-12H,13H2,1H3,(H,23,25)/b22-12-. The summed E-state index contributed by atoms with van der Waals surface area (Å²) in [4.78, 5) is 26.4. The molecule has 1 heterocycles. The first-order chi connectivity index (χ1) is 13.2. The second-order valence-corrected chi connectivity index (χ2v) is 6.14. The van der Waals surface area contributed by atoms with E-state index in [0.717, 1.165) is 22.0 Å². The molecule has 2 amide bonds. The van der Waals surface area contributed by atoms with Gasteiger partial charge in [-0.15, -0.1) is 0 Å². The summed E-state index contributed by atoms with van der Waals surface area (Å²) in [5.74, 6) is 0.167. The Morgan fingerprint density at radius 3 is 2.74 bits per heavy atom. The van der Waals surface area contributed by atoms with E-state index in [2.05, 4.69) is 10.5 Å². The third-order valence-electron chi connectivity index (χ3n) is 4.45. The molecule has 0 fully saturated rings. The number of carbonyl (C=O) groups is 2.